The first-order valence-corrected chi connectivity index (χ1v) is 7.84. The molecule has 4 atom stereocenters. The minimum absolute atomic E-state index is 0.0165. The third-order valence-corrected chi connectivity index (χ3v) is 4.65. The Morgan fingerprint density at radius 2 is 2.14 bits per heavy atom. The Bertz CT molecular complexity index is 490. The summed E-state index contributed by atoms with van der Waals surface area (Å²) in [7, 11) is 0. The molecule has 1 aromatic carbocycles. The number of cyclic esters (lactones) is 1. The zero-order valence-electron chi connectivity index (χ0n) is 12.4. The molecule has 4 nitrogen and oxygen atoms in total. The molecule has 0 aliphatic carbocycles. The average Bonchev–Trinajstić information content (AvgIpc) is 3.05. The first-order valence-electron chi connectivity index (χ1n) is 7.84. The van der Waals surface area contributed by atoms with E-state index in [0.29, 0.717) is 6.42 Å². The van der Waals surface area contributed by atoms with Gasteiger partial charge in [0.15, 0.2) is 0 Å². The molecule has 3 rings (SSSR count). The summed E-state index contributed by atoms with van der Waals surface area (Å²) in [6.45, 7) is 2.88. The Morgan fingerprint density at radius 3 is 2.81 bits per heavy atom. The van der Waals surface area contributed by atoms with Crippen LogP contribution < -0.4 is 0 Å². The fraction of sp³-hybridized carbons (Fsp3) is 0.588. The van der Waals surface area contributed by atoms with E-state index in [1.54, 1.807) is 0 Å². The SMILES string of the molecule is C[C@@H]1C[C@H](N2CCC[C@@H]2C[C@H](O)c2ccccc2)C(=O)O1. The monoisotopic (exact) mass is 289 g/mol. The molecule has 0 bridgehead atoms. The van der Waals surface area contributed by atoms with Gasteiger partial charge in [0, 0.05) is 12.5 Å². The maximum absolute atomic E-state index is 11.9. The number of carbonyl (C=O) groups excluding carboxylic acids is 1. The van der Waals surface area contributed by atoms with Crippen molar-refractivity contribution in [1.29, 1.82) is 0 Å². The van der Waals surface area contributed by atoms with Crippen molar-refractivity contribution in [3.63, 3.8) is 0 Å². The zero-order chi connectivity index (χ0) is 14.8. The summed E-state index contributed by atoms with van der Waals surface area (Å²) in [5.74, 6) is -0.0939. The summed E-state index contributed by atoms with van der Waals surface area (Å²) >= 11 is 0. The van der Waals surface area contributed by atoms with Crippen LogP contribution in [0.25, 0.3) is 0 Å². The van der Waals surface area contributed by atoms with Crippen LogP contribution in [-0.4, -0.2) is 40.7 Å². The number of likely N-dealkylation sites (tertiary alicyclic amines) is 1. The lowest BCUT2D eigenvalue weighted by Gasteiger charge is -2.29. The minimum atomic E-state index is -0.466. The van der Waals surface area contributed by atoms with Crippen molar-refractivity contribution >= 4 is 5.97 Å². The van der Waals surface area contributed by atoms with Crippen LogP contribution in [0.15, 0.2) is 30.3 Å². The lowest BCUT2D eigenvalue weighted by molar-refractivity contribution is -0.145. The number of nitrogens with zero attached hydrogens (tertiary/aromatic N) is 1. The predicted octanol–water partition coefficient (Wildman–Crippen LogP) is 2.28. The maximum atomic E-state index is 11.9. The molecule has 21 heavy (non-hydrogen) atoms. The van der Waals surface area contributed by atoms with E-state index < -0.39 is 6.10 Å². The Kier molecular flexibility index (Phi) is 4.27. The van der Waals surface area contributed by atoms with Crippen molar-refractivity contribution in [2.75, 3.05) is 6.54 Å². The predicted molar refractivity (Wildman–Crippen MR) is 79.7 cm³/mol. The number of rotatable bonds is 4. The second kappa shape index (κ2) is 6.16. The number of hydrogen-bond acceptors (Lipinski definition) is 4. The van der Waals surface area contributed by atoms with E-state index in [9.17, 15) is 9.90 Å². The van der Waals surface area contributed by atoms with Crippen LogP contribution in [0, 0.1) is 0 Å². The highest BCUT2D eigenvalue weighted by atomic mass is 16.6. The molecule has 4 heteroatoms. The van der Waals surface area contributed by atoms with Gasteiger partial charge >= 0.3 is 5.97 Å². The van der Waals surface area contributed by atoms with E-state index in [1.807, 2.05) is 37.3 Å². The van der Waals surface area contributed by atoms with Gasteiger partial charge in [-0.1, -0.05) is 30.3 Å². The smallest absolute Gasteiger partial charge is 0.323 e. The molecule has 2 aliphatic rings. The third kappa shape index (κ3) is 3.11. The lowest BCUT2D eigenvalue weighted by Crippen LogP contribution is -2.42. The molecule has 114 valence electrons. The van der Waals surface area contributed by atoms with Gasteiger partial charge in [-0.05, 0) is 38.3 Å². The summed E-state index contributed by atoms with van der Waals surface area (Å²) in [6, 6.07) is 9.90. The molecular formula is C17H23NO3. The van der Waals surface area contributed by atoms with E-state index in [4.69, 9.17) is 4.74 Å². The van der Waals surface area contributed by atoms with Gasteiger partial charge < -0.3 is 9.84 Å². The Hall–Kier alpha value is -1.39. The Morgan fingerprint density at radius 1 is 1.38 bits per heavy atom. The van der Waals surface area contributed by atoms with Crippen molar-refractivity contribution in [2.45, 2.75) is 56.9 Å². The number of carbonyl (C=O) groups is 1. The molecule has 1 aromatic rings. The molecule has 0 amide bonds. The summed E-state index contributed by atoms with van der Waals surface area (Å²) < 4.78 is 5.28. The van der Waals surface area contributed by atoms with Crippen LogP contribution in [0.4, 0.5) is 0 Å². The largest absolute Gasteiger partial charge is 0.461 e. The topological polar surface area (TPSA) is 49.8 Å². The fourth-order valence-corrected chi connectivity index (χ4v) is 3.60. The summed E-state index contributed by atoms with van der Waals surface area (Å²) in [5, 5.41) is 10.4. The van der Waals surface area contributed by atoms with Crippen LogP contribution in [-0.2, 0) is 9.53 Å². The number of ether oxygens (including phenoxy) is 1. The number of hydrogen-bond donors (Lipinski definition) is 1. The third-order valence-electron chi connectivity index (χ3n) is 4.65. The quantitative estimate of drug-likeness (QED) is 0.864. The molecule has 0 spiro atoms. The molecule has 1 N–H and O–H groups in total. The van der Waals surface area contributed by atoms with Gasteiger partial charge in [-0.25, -0.2) is 0 Å². The van der Waals surface area contributed by atoms with E-state index in [2.05, 4.69) is 4.90 Å². The highest BCUT2D eigenvalue weighted by molar-refractivity contribution is 5.78. The molecule has 2 saturated heterocycles. The molecule has 2 fully saturated rings. The molecule has 2 aliphatic heterocycles. The first-order chi connectivity index (χ1) is 10.1. The van der Waals surface area contributed by atoms with Crippen molar-refractivity contribution in [2.24, 2.45) is 0 Å². The number of aliphatic hydroxyl groups excluding tert-OH is 1. The van der Waals surface area contributed by atoms with Gasteiger partial charge in [-0.2, -0.15) is 0 Å². The van der Waals surface area contributed by atoms with E-state index in [1.165, 1.54) is 0 Å². The lowest BCUT2D eigenvalue weighted by atomic mass is 9.99. The number of aliphatic hydroxyl groups is 1. The molecule has 0 radical (unpaired) electrons. The summed E-state index contributed by atoms with van der Waals surface area (Å²) in [5.41, 5.74) is 0.951. The second-order valence-corrected chi connectivity index (χ2v) is 6.20. The first kappa shape index (κ1) is 14.5. The molecule has 0 saturated carbocycles. The van der Waals surface area contributed by atoms with Crippen LogP contribution in [0.1, 0.15) is 44.3 Å². The number of benzene rings is 1. The normalized spacial score (nSPS) is 31.3. The Balaban J connectivity index is 1.66. The molecule has 0 unspecified atom stereocenters. The molecule has 2 heterocycles. The highest BCUT2D eigenvalue weighted by Gasteiger charge is 2.41. The van der Waals surface area contributed by atoms with Crippen molar-refractivity contribution in [1.82, 2.24) is 4.90 Å². The van der Waals surface area contributed by atoms with Crippen molar-refractivity contribution in [3.8, 4) is 0 Å². The van der Waals surface area contributed by atoms with E-state index >= 15 is 0 Å². The van der Waals surface area contributed by atoms with E-state index in [-0.39, 0.29) is 24.2 Å². The second-order valence-electron chi connectivity index (χ2n) is 6.20. The van der Waals surface area contributed by atoms with Crippen molar-refractivity contribution in [3.05, 3.63) is 35.9 Å². The number of esters is 1. The average molecular weight is 289 g/mol. The van der Waals surface area contributed by atoms with Crippen LogP contribution in [0.5, 0.6) is 0 Å². The summed E-state index contributed by atoms with van der Waals surface area (Å²) in [6.07, 6.45) is 3.14. The molecule has 0 aromatic heterocycles. The van der Waals surface area contributed by atoms with Gasteiger partial charge in [-0.3, -0.25) is 9.69 Å². The zero-order valence-corrected chi connectivity index (χ0v) is 12.4. The van der Waals surface area contributed by atoms with Crippen LogP contribution in [0.3, 0.4) is 0 Å². The van der Waals surface area contributed by atoms with Gasteiger partial charge in [0.1, 0.15) is 12.1 Å². The highest BCUT2D eigenvalue weighted by Crippen LogP contribution is 2.32. The molecular weight excluding hydrogens is 266 g/mol. The standard InChI is InChI=1S/C17H23NO3/c1-12-10-15(17(20)21-12)18-9-5-8-14(18)11-16(19)13-6-3-2-4-7-13/h2-4,6-7,12,14-16,19H,5,8-11H2,1H3/t12-,14-,15+,16+/m1/s1. The maximum Gasteiger partial charge on any atom is 0.323 e. The van der Waals surface area contributed by atoms with Crippen LogP contribution >= 0.6 is 0 Å². The minimum Gasteiger partial charge on any atom is -0.461 e. The Labute approximate surface area is 125 Å². The van der Waals surface area contributed by atoms with Crippen molar-refractivity contribution < 1.29 is 14.6 Å². The fourth-order valence-electron chi connectivity index (χ4n) is 3.60. The van der Waals surface area contributed by atoms with Gasteiger partial charge in [0.2, 0.25) is 0 Å². The van der Waals surface area contributed by atoms with Gasteiger partial charge in [0.05, 0.1) is 6.10 Å². The van der Waals surface area contributed by atoms with Gasteiger partial charge in [-0.15, -0.1) is 0 Å². The summed E-state index contributed by atoms with van der Waals surface area (Å²) in [4.78, 5) is 14.2. The van der Waals surface area contributed by atoms with E-state index in [0.717, 1.165) is 31.4 Å². The van der Waals surface area contributed by atoms with Crippen LogP contribution in [0.2, 0.25) is 0 Å². The van der Waals surface area contributed by atoms with Gasteiger partial charge in [0.25, 0.3) is 0 Å².